The van der Waals surface area contributed by atoms with Crippen LogP contribution in [0.2, 0.25) is 0 Å². The number of hydrogen-bond acceptors (Lipinski definition) is 4. The first-order chi connectivity index (χ1) is 15.5. The van der Waals surface area contributed by atoms with E-state index < -0.39 is 12.1 Å². The topological polar surface area (TPSA) is 65.0 Å². The van der Waals surface area contributed by atoms with Crippen molar-refractivity contribution in [3.63, 3.8) is 0 Å². The first kappa shape index (κ1) is 23.4. The number of benzene rings is 3. The van der Waals surface area contributed by atoms with E-state index in [0.29, 0.717) is 31.3 Å². The van der Waals surface area contributed by atoms with Gasteiger partial charge in [-0.15, -0.1) is 0 Å². The maximum atomic E-state index is 11.1. The van der Waals surface area contributed by atoms with Crippen LogP contribution in [0.1, 0.15) is 29.5 Å². The lowest BCUT2D eigenvalue weighted by Gasteiger charge is -2.13. The van der Waals surface area contributed by atoms with Crippen LogP contribution in [0.3, 0.4) is 0 Å². The zero-order valence-corrected chi connectivity index (χ0v) is 18.6. The molecule has 0 saturated carbocycles. The van der Waals surface area contributed by atoms with Gasteiger partial charge in [-0.3, -0.25) is 0 Å². The normalized spacial score (nSPS) is 12.7. The molecule has 0 heterocycles. The van der Waals surface area contributed by atoms with Crippen molar-refractivity contribution in [2.75, 3.05) is 20.3 Å². The van der Waals surface area contributed by atoms with Crippen molar-refractivity contribution in [1.82, 2.24) is 0 Å². The Kier molecular flexibility index (Phi) is 8.70. The van der Waals surface area contributed by atoms with Gasteiger partial charge in [0.05, 0.1) is 0 Å². The summed E-state index contributed by atoms with van der Waals surface area (Å²) in [5.74, 6) is 1.03. The van der Waals surface area contributed by atoms with Crippen molar-refractivity contribution in [1.29, 1.82) is 0 Å². The highest BCUT2D eigenvalue weighted by Gasteiger charge is 2.16. The van der Waals surface area contributed by atoms with Gasteiger partial charge in [-0.25, -0.2) is 4.79 Å². The maximum absolute atomic E-state index is 11.1. The third kappa shape index (κ3) is 7.13. The van der Waals surface area contributed by atoms with Gasteiger partial charge in [0.15, 0.2) is 6.10 Å². The summed E-state index contributed by atoms with van der Waals surface area (Å²) >= 11 is 0. The van der Waals surface area contributed by atoms with Gasteiger partial charge in [0.1, 0.15) is 24.7 Å². The van der Waals surface area contributed by atoms with Gasteiger partial charge in [-0.1, -0.05) is 61.5 Å². The number of ether oxygens (including phenoxy) is 3. The van der Waals surface area contributed by atoms with Gasteiger partial charge in [0.2, 0.25) is 0 Å². The Balaban J connectivity index is 1.39. The minimum Gasteiger partial charge on any atom is -0.490 e. The van der Waals surface area contributed by atoms with E-state index in [1.165, 1.54) is 18.2 Å². The molecular weight excluding hydrogens is 404 g/mol. The fraction of sp³-hybridized carbons (Fsp3) is 0.296. The third-order valence-corrected chi connectivity index (χ3v) is 5.36. The summed E-state index contributed by atoms with van der Waals surface area (Å²) in [7, 11) is 1.40. The van der Waals surface area contributed by atoms with Crippen LogP contribution in [0.25, 0.3) is 0 Å². The molecule has 0 radical (unpaired) electrons. The summed E-state index contributed by atoms with van der Waals surface area (Å²) in [4.78, 5) is 11.1. The summed E-state index contributed by atoms with van der Waals surface area (Å²) < 4.78 is 16.5. The standard InChI is InChI=1S/C27H30O5/c1-20(23-6-4-3-5-7-23)18-21-8-12-24(13-9-21)31-16-17-32-25-14-10-22(11-15-25)19-26(30-2)27(28)29/h3-15,20,26H,16-19H2,1-2H3,(H,28,29)/t20?,26-/m0/s1. The maximum Gasteiger partial charge on any atom is 0.333 e. The highest BCUT2D eigenvalue weighted by atomic mass is 16.5. The molecule has 1 N–H and O–H groups in total. The fourth-order valence-corrected chi connectivity index (χ4v) is 3.50. The van der Waals surface area contributed by atoms with E-state index in [4.69, 9.17) is 19.3 Å². The predicted molar refractivity (Wildman–Crippen MR) is 125 cm³/mol. The Morgan fingerprint density at radius 1 is 0.781 bits per heavy atom. The summed E-state index contributed by atoms with van der Waals surface area (Å²) in [6, 6.07) is 26.1. The van der Waals surface area contributed by atoms with E-state index in [9.17, 15) is 4.79 Å². The Morgan fingerprint density at radius 3 is 1.75 bits per heavy atom. The number of rotatable bonds is 12. The minimum absolute atomic E-state index is 0.315. The van der Waals surface area contributed by atoms with Gasteiger partial charge in [-0.05, 0) is 53.3 Å². The van der Waals surface area contributed by atoms with E-state index in [1.54, 1.807) is 0 Å². The first-order valence-electron chi connectivity index (χ1n) is 10.8. The second kappa shape index (κ2) is 11.9. The quantitative estimate of drug-likeness (QED) is 0.400. The number of carboxylic acid groups (broad SMARTS) is 1. The number of hydrogen-bond donors (Lipinski definition) is 1. The molecule has 5 heteroatoms. The SMILES string of the molecule is CO[C@@H](Cc1ccc(OCCOc2ccc(CC(C)c3ccccc3)cc2)cc1)C(=O)O. The number of carboxylic acids is 1. The van der Waals surface area contributed by atoms with Crippen LogP contribution in [0, 0.1) is 0 Å². The molecule has 3 aromatic carbocycles. The zero-order chi connectivity index (χ0) is 22.8. The smallest absolute Gasteiger partial charge is 0.333 e. The van der Waals surface area contributed by atoms with E-state index in [2.05, 4.69) is 43.3 Å². The Labute approximate surface area is 189 Å². The number of methoxy groups -OCH3 is 1. The lowest BCUT2D eigenvalue weighted by Crippen LogP contribution is -2.24. The van der Waals surface area contributed by atoms with Crippen LogP contribution in [0.5, 0.6) is 11.5 Å². The monoisotopic (exact) mass is 434 g/mol. The highest BCUT2D eigenvalue weighted by molar-refractivity contribution is 5.72. The van der Waals surface area contributed by atoms with Crippen LogP contribution in [-0.4, -0.2) is 37.5 Å². The van der Waals surface area contributed by atoms with Gasteiger partial charge < -0.3 is 19.3 Å². The van der Waals surface area contributed by atoms with Crippen LogP contribution < -0.4 is 9.47 Å². The Morgan fingerprint density at radius 2 is 1.28 bits per heavy atom. The number of aliphatic carboxylic acids is 1. The van der Waals surface area contributed by atoms with Crippen molar-refractivity contribution in [2.45, 2.75) is 31.8 Å². The molecule has 2 atom stereocenters. The van der Waals surface area contributed by atoms with E-state index in [-0.39, 0.29) is 0 Å². The first-order valence-corrected chi connectivity index (χ1v) is 10.8. The zero-order valence-electron chi connectivity index (χ0n) is 18.6. The average molecular weight is 435 g/mol. The average Bonchev–Trinajstić information content (AvgIpc) is 2.82. The lowest BCUT2D eigenvalue weighted by molar-refractivity contribution is -0.148. The van der Waals surface area contributed by atoms with Gasteiger partial charge in [-0.2, -0.15) is 0 Å². The van der Waals surface area contributed by atoms with E-state index >= 15 is 0 Å². The van der Waals surface area contributed by atoms with Crippen LogP contribution >= 0.6 is 0 Å². The molecule has 1 unspecified atom stereocenters. The molecule has 5 nitrogen and oxygen atoms in total. The largest absolute Gasteiger partial charge is 0.490 e. The van der Waals surface area contributed by atoms with Crippen LogP contribution in [0.4, 0.5) is 0 Å². The molecule has 0 fully saturated rings. The van der Waals surface area contributed by atoms with Crippen molar-refractivity contribution >= 4 is 5.97 Å². The predicted octanol–water partition coefficient (Wildman–Crippen LogP) is 5.13. The molecule has 0 aliphatic heterocycles. The summed E-state index contributed by atoms with van der Waals surface area (Å²) in [5, 5.41) is 9.06. The summed E-state index contributed by atoms with van der Waals surface area (Å²) in [6.07, 6.45) is 0.458. The second-order valence-electron chi connectivity index (χ2n) is 7.77. The highest BCUT2D eigenvalue weighted by Crippen LogP contribution is 2.22. The lowest BCUT2D eigenvalue weighted by atomic mass is 9.94. The molecule has 0 aliphatic carbocycles. The minimum atomic E-state index is -0.969. The molecule has 0 bridgehead atoms. The Bertz CT molecular complexity index is 952. The molecule has 0 amide bonds. The third-order valence-electron chi connectivity index (χ3n) is 5.36. The van der Waals surface area contributed by atoms with Gasteiger partial charge in [0.25, 0.3) is 0 Å². The molecule has 0 aromatic heterocycles. The molecule has 3 aromatic rings. The Hall–Kier alpha value is -3.31. The summed E-state index contributed by atoms with van der Waals surface area (Å²) in [5.41, 5.74) is 3.51. The molecule has 0 saturated heterocycles. The molecule has 0 spiro atoms. The van der Waals surface area contributed by atoms with Crippen LogP contribution in [0.15, 0.2) is 78.9 Å². The molecule has 168 valence electrons. The van der Waals surface area contributed by atoms with Crippen molar-refractivity contribution < 1.29 is 24.1 Å². The molecular formula is C27H30O5. The van der Waals surface area contributed by atoms with E-state index in [0.717, 1.165) is 17.7 Å². The summed E-state index contributed by atoms with van der Waals surface area (Å²) in [6.45, 7) is 3.10. The van der Waals surface area contributed by atoms with Crippen molar-refractivity contribution in [3.05, 3.63) is 95.6 Å². The van der Waals surface area contributed by atoms with Gasteiger partial charge >= 0.3 is 5.97 Å². The molecule has 32 heavy (non-hydrogen) atoms. The molecule has 3 rings (SSSR count). The van der Waals surface area contributed by atoms with E-state index in [1.807, 2.05) is 42.5 Å². The fourth-order valence-electron chi connectivity index (χ4n) is 3.50. The number of carbonyl (C=O) groups is 1. The van der Waals surface area contributed by atoms with Crippen molar-refractivity contribution in [2.24, 2.45) is 0 Å². The molecule has 0 aliphatic rings. The van der Waals surface area contributed by atoms with Crippen LogP contribution in [-0.2, 0) is 22.4 Å². The van der Waals surface area contributed by atoms with Gasteiger partial charge in [0, 0.05) is 13.5 Å². The van der Waals surface area contributed by atoms with Crippen molar-refractivity contribution in [3.8, 4) is 11.5 Å². The second-order valence-corrected chi connectivity index (χ2v) is 7.77.